The zero-order valence-electron chi connectivity index (χ0n) is 16.7. The van der Waals surface area contributed by atoms with Gasteiger partial charge in [-0.05, 0) is 44.2 Å². The van der Waals surface area contributed by atoms with E-state index in [-0.39, 0.29) is 48.6 Å². The normalized spacial score (nSPS) is 28.5. The van der Waals surface area contributed by atoms with Gasteiger partial charge in [0.1, 0.15) is 6.54 Å². The van der Waals surface area contributed by atoms with Gasteiger partial charge < -0.3 is 20.7 Å². The molecule has 0 aliphatic carbocycles. The van der Waals surface area contributed by atoms with Gasteiger partial charge in [-0.15, -0.1) is 0 Å². The summed E-state index contributed by atoms with van der Waals surface area (Å²) < 4.78 is 6.96. The fraction of sp³-hybridized carbons (Fsp3) is 0.824. The first-order valence-electron chi connectivity index (χ1n) is 9.77. The lowest BCUT2D eigenvalue weighted by molar-refractivity contribution is -0.144. The van der Waals surface area contributed by atoms with Gasteiger partial charge in [0.05, 0.1) is 12.2 Å². The second-order valence-electron chi connectivity index (χ2n) is 7.81. The largest absolute Gasteiger partial charge is 0.372 e. The number of nitrogens with zero attached hydrogens (tertiary/aromatic N) is 6. The van der Waals surface area contributed by atoms with Gasteiger partial charge in [-0.2, -0.15) is 0 Å². The quantitative estimate of drug-likeness (QED) is 0.619. The highest BCUT2D eigenvalue weighted by molar-refractivity contribution is 5.77. The maximum atomic E-state index is 12.7. The monoisotopic (exact) mass is 394 g/mol. The van der Waals surface area contributed by atoms with Crippen LogP contribution in [-0.4, -0.2) is 92.8 Å². The lowest BCUT2D eigenvalue weighted by Crippen LogP contribution is -2.49. The molecule has 2 saturated heterocycles. The van der Waals surface area contributed by atoms with Crippen molar-refractivity contribution in [2.45, 2.75) is 63.9 Å². The number of hydrogen-bond donors (Lipinski definition) is 2. The van der Waals surface area contributed by atoms with Gasteiger partial charge in [0.15, 0.2) is 0 Å². The van der Waals surface area contributed by atoms with Crippen LogP contribution in [0, 0.1) is 0 Å². The van der Waals surface area contributed by atoms with E-state index in [0.29, 0.717) is 26.1 Å². The SMILES string of the molecule is C[C@@H]1CN(C(=O)C[C@H]2CC[C@@H](CNC(=O)Cn3nnnc3N)N2C)C[C@H](C)O1. The Hall–Kier alpha value is -2.27. The zero-order valence-corrected chi connectivity index (χ0v) is 16.7. The van der Waals surface area contributed by atoms with Crippen molar-refractivity contribution in [3.8, 4) is 0 Å². The molecule has 11 heteroatoms. The van der Waals surface area contributed by atoms with E-state index in [1.165, 1.54) is 4.68 Å². The first kappa shape index (κ1) is 20.5. The Labute approximate surface area is 164 Å². The highest BCUT2D eigenvalue weighted by Crippen LogP contribution is 2.25. The summed E-state index contributed by atoms with van der Waals surface area (Å²) in [6.07, 6.45) is 2.54. The number of amides is 2. The van der Waals surface area contributed by atoms with Crippen LogP contribution in [0.1, 0.15) is 33.1 Å². The van der Waals surface area contributed by atoms with Crippen molar-refractivity contribution in [1.82, 2.24) is 35.3 Å². The molecule has 1 aromatic rings. The van der Waals surface area contributed by atoms with Crippen molar-refractivity contribution >= 4 is 17.8 Å². The average Bonchev–Trinajstić information content (AvgIpc) is 3.18. The number of hydrogen-bond acceptors (Lipinski definition) is 8. The Balaban J connectivity index is 1.44. The number of likely N-dealkylation sites (tertiary alicyclic amines) is 1. The molecule has 4 atom stereocenters. The molecule has 1 aromatic heterocycles. The van der Waals surface area contributed by atoms with E-state index in [2.05, 4.69) is 25.7 Å². The maximum Gasteiger partial charge on any atom is 0.242 e. The summed E-state index contributed by atoms with van der Waals surface area (Å²) in [7, 11) is 2.02. The molecule has 3 rings (SSSR count). The Bertz CT molecular complexity index is 686. The molecule has 28 heavy (non-hydrogen) atoms. The number of nitrogens with one attached hydrogen (secondary N) is 1. The molecule has 0 saturated carbocycles. The van der Waals surface area contributed by atoms with Crippen LogP contribution in [0.3, 0.4) is 0 Å². The summed E-state index contributed by atoms with van der Waals surface area (Å²) in [6.45, 7) is 5.82. The van der Waals surface area contributed by atoms with E-state index in [1.807, 2.05) is 25.8 Å². The molecule has 2 aliphatic rings. The number of nitrogens with two attached hydrogens (primary N) is 1. The average molecular weight is 394 g/mol. The maximum absolute atomic E-state index is 12.7. The summed E-state index contributed by atoms with van der Waals surface area (Å²) in [5.41, 5.74) is 5.57. The van der Waals surface area contributed by atoms with Gasteiger partial charge >= 0.3 is 0 Å². The van der Waals surface area contributed by atoms with E-state index in [4.69, 9.17) is 10.5 Å². The summed E-state index contributed by atoms with van der Waals surface area (Å²) >= 11 is 0. The molecule has 0 spiro atoms. The van der Waals surface area contributed by atoms with Gasteiger partial charge in [0.25, 0.3) is 0 Å². The number of nitrogen functional groups attached to an aromatic ring is 1. The summed E-state index contributed by atoms with van der Waals surface area (Å²) in [5, 5.41) is 13.5. The van der Waals surface area contributed by atoms with E-state index >= 15 is 0 Å². The number of morpholine rings is 1. The van der Waals surface area contributed by atoms with Gasteiger partial charge in [0, 0.05) is 38.1 Å². The molecule has 2 aliphatic heterocycles. The third kappa shape index (κ3) is 4.96. The predicted octanol–water partition coefficient (Wildman–Crippen LogP) is -1.14. The van der Waals surface area contributed by atoms with Crippen molar-refractivity contribution < 1.29 is 14.3 Å². The first-order chi connectivity index (χ1) is 13.3. The Kier molecular flexibility index (Phi) is 6.45. The Morgan fingerprint density at radius 3 is 2.54 bits per heavy atom. The van der Waals surface area contributed by atoms with Crippen LogP contribution >= 0.6 is 0 Å². The van der Waals surface area contributed by atoms with E-state index < -0.39 is 0 Å². The summed E-state index contributed by atoms with van der Waals surface area (Å²) in [6, 6.07) is 0.397. The molecular formula is C17H30N8O3. The van der Waals surface area contributed by atoms with Gasteiger partial charge in [-0.25, -0.2) is 4.68 Å². The van der Waals surface area contributed by atoms with Gasteiger partial charge in [0.2, 0.25) is 17.8 Å². The molecule has 156 valence electrons. The number of carbonyl (C=O) groups excluding carboxylic acids is 2. The minimum atomic E-state index is -0.191. The second kappa shape index (κ2) is 8.82. The lowest BCUT2D eigenvalue weighted by Gasteiger charge is -2.36. The minimum Gasteiger partial charge on any atom is -0.372 e. The molecule has 3 N–H and O–H groups in total. The molecule has 3 heterocycles. The number of anilines is 1. The zero-order chi connectivity index (χ0) is 20.3. The molecular weight excluding hydrogens is 364 g/mol. The highest BCUT2D eigenvalue weighted by Gasteiger charge is 2.34. The van der Waals surface area contributed by atoms with Crippen molar-refractivity contribution in [3.63, 3.8) is 0 Å². The lowest BCUT2D eigenvalue weighted by atomic mass is 10.1. The standard InChI is InChI=1S/C17H30N8O3/c1-11-8-24(9-12(2)28-11)16(27)6-13-4-5-14(23(13)3)7-19-15(26)10-25-17(18)20-21-22-25/h11-14H,4-10H2,1-3H3,(H,19,26)(H2,18,20,22)/t11-,12+,13-,14+/m1/s1. The number of tetrazole rings is 1. The third-order valence-electron chi connectivity index (χ3n) is 5.56. The topological polar surface area (TPSA) is 132 Å². The second-order valence-corrected chi connectivity index (χ2v) is 7.81. The molecule has 0 aromatic carbocycles. The minimum absolute atomic E-state index is 0.00934. The molecule has 0 bridgehead atoms. The predicted molar refractivity (Wildman–Crippen MR) is 101 cm³/mol. The molecule has 2 fully saturated rings. The number of aromatic nitrogens is 4. The third-order valence-corrected chi connectivity index (χ3v) is 5.56. The van der Waals surface area contributed by atoms with Crippen LogP contribution in [0.15, 0.2) is 0 Å². The van der Waals surface area contributed by atoms with E-state index in [9.17, 15) is 9.59 Å². The smallest absolute Gasteiger partial charge is 0.242 e. The van der Waals surface area contributed by atoms with Crippen molar-refractivity contribution in [2.75, 3.05) is 32.4 Å². The van der Waals surface area contributed by atoms with Crippen LogP contribution in [0.4, 0.5) is 5.95 Å². The molecule has 11 nitrogen and oxygen atoms in total. The van der Waals surface area contributed by atoms with Crippen LogP contribution in [0.5, 0.6) is 0 Å². The fourth-order valence-corrected chi connectivity index (χ4v) is 4.04. The number of rotatable bonds is 6. The Morgan fingerprint density at radius 2 is 1.89 bits per heavy atom. The molecule has 0 unspecified atom stereocenters. The number of carbonyl (C=O) groups is 2. The molecule has 0 radical (unpaired) electrons. The van der Waals surface area contributed by atoms with Crippen LogP contribution in [0.2, 0.25) is 0 Å². The van der Waals surface area contributed by atoms with Crippen molar-refractivity contribution in [2.24, 2.45) is 0 Å². The van der Waals surface area contributed by atoms with Gasteiger partial charge in [-0.1, -0.05) is 5.10 Å². The van der Waals surface area contributed by atoms with Crippen molar-refractivity contribution in [1.29, 1.82) is 0 Å². The first-order valence-corrected chi connectivity index (χ1v) is 9.77. The van der Waals surface area contributed by atoms with Crippen LogP contribution < -0.4 is 11.1 Å². The summed E-state index contributed by atoms with van der Waals surface area (Å²) in [4.78, 5) is 28.9. The number of ether oxygens (including phenoxy) is 1. The summed E-state index contributed by atoms with van der Waals surface area (Å²) in [5.74, 6) is 0.0966. The highest BCUT2D eigenvalue weighted by atomic mass is 16.5. The van der Waals surface area contributed by atoms with Crippen LogP contribution in [0.25, 0.3) is 0 Å². The fourth-order valence-electron chi connectivity index (χ4n) is 4.04. The number of likely N-dealkylation sites (N-methyl/N-ethyl adjacent to an activating group) is 1. The molecule has 2 amide bonds. The van der Waals surface area contributed by atoms with Crippen LogP contribution in [-0.2, 0) is 20.9 Å². The van der Waals surface area contributed by atoms with Gasteiger partial charge in [-0.3, -0.25) is 14.5 Å². The Morgan fingerprint density at radius 1 is 1.21 bits per heavy atom. The van der Waals surface area contributed by atoms with E-state index in [1.54, 1.807) is 0 Å². The van der Waals surface area contributed by atoms with E-state index in [0.717, 1.165) is 12.8 Å². The van der Waals surface area contributed by atoms with Crippen molar-refractivity contribution in [3.05, 3.63) is 0 Å².